The third-order valence-corrected chi connectivity index (χ3v) is 2.06. The van der Waals surface area contributed by atoms with E-state index in [-0.39, 0.29) is 10.3 Å². The Balaban J connectivity index is 3.37. The van der Waals surface area contributed by atoms with E-state index < -0.39 is 10.0 Å². The van der Waals surface area contributed by atoms with Gasteiger partial charge in [-0.05, 0) is 24.6 Å². The van der Waals surface area contributed by atoms with Crippen LogP contribution in [0.25, 0.3) is 0 Å². The van der Waals surface area contributed by atoms with Crippen LogP contribution < -0.4 is 5.14 Å². The minimum absolute atomic E-state index is 0.126. The summed E-state index contributed by atoms with van der Waals surface area (Å²) in [5.41, 5.74) is 0.457. The minimum atomic E-state index is -3.78. The van der Waals surface area contributed by atoms with E-state index in [1.54, 1.807) is 6.92 Å². The second-order valence-electron chi connectivity index (χ2n) is 2.16. The van der Waals surface area contributed by atoms with Crippen LogP contribution in [0.1, 0.15) is 5.69 Å². The Labute approximate surface area is 74.6 Å². The van der Waals surface area contributed by atoms with Crippen molar-refractivity contribution in [2.75, 3.05) is 0 Å². The first-order valence-corrected chi connectivity index (χ1v) is 4.86. The molecule has 0 aliphatic rings. The van der Waals surface area contributed by atoms with Gasteiger partial charge in [0, 0.05) is 5.69 Å². The molecule has 0 fully saturated rings. The summed E-state index contributed by atoms with van der Waals surface area (Å²) in [5, 5.41) is 4.43. The van der Waals surface area contributed by atoms with E-state index in [0.717, 1.165) is 0 Å². The molecule has 1 rings (SSSR count). The van der Waals surface area contributed by atoms with Crippen LogP contribution in [0.4, 0.5) is 0 Å². The summed E-state index contributed by atoms with van der Waals surface area (Å²) < 4.78 is 21.5. The van der Waals surface area contributed by atoms with Crippen molar-refractivity contribution in [2.45, 2.75) is 11.9 Å². The van der Waals surface area contributed by atoms with Gasteiger partial charge < -0.3 is 0 Å². The topological polar surface area (TPSA) is 85.9 Å². The molecule has 1 aromatic rings. The summed E-state index contributed by atoms with van der Waals surface area (Å²) in [7, 11) is -3.78. The molecule has 0 radical (unpaired) electrons. The van der Waals surface area contributed by atoms with Gasteiger partial charge in [0.2, 0.25) is 5.28 Å². The van der Waals surface area contributed by atoms with Gasteiger partial charge in [0.25, 0.3) is 10.0 Å². The standard InChI is InChI=1S/C5H6ClN3O2S/c1-3-2-4(12(7,10)11)9-5(6)8-3/h2H,1H3,(H2,7,10,11). The van der Waals surface area contributed by atoms with Crippen molar-refractivity contribution in [3.8, 4) is 0 Å². The van der Waals surface area contributed by atoms with Crippen molar-refractivity contribution in [1.82, 2.24) is 9.97 Å². The van der Waals surface area contributed by atoms with E-state index in [0.29, 0.717) is 5.69 Å². The van der Waals surface area contributed by atoms with Gasteiger partial charge in [-0.2, -0.15) is 0 Å². The average Bonchev–Trinajstić information content (AvgIpc) is 1.82. The molecule has 0 amide bonds. The highest BCUT2D eigenvalue weighted by Gasteiger charge is 2.11. The number of hydrogen-bond acceptors (Lipinski definition) is 4. The Bertz CT molecular complexity index is 383. The molecule has 0 aromatic carbocycles. The molecule has 0 aliphatic carbocycles. The highest BCUT2D eigenvalue weighted by molar-refractivity contribution is 7.89. The summed E-state index contributed by atoms with van der Waals surface area (Å²) in [4.78, 5) is 7.13. The largest absolute Gasteiger partial charge is 0.255 e. The van der Waals surface area contributed by atoms with Gasteiger partial charge in [-0.15, -0.1) is 0 Å². The van der Waals surface area contributed by atoms with Crippen LogP contribution >= 0.6 is 11.6 Å². The quantitative estimate of drug-likeness (QED) is 0.522. The predicted octanol–water partition coefficient (Wildman–Crippen LogP) is 0.0858. The van der Waals surface area contributed by atoms with Crippen molar-refractivity contribution in [1.29, 1.82) is 0 Å². The summed E-state index contributed by atoms with van der Waals surface area (Å²) in [5.74, 6) is 0. The molecule has 12 heavy (non-hydrogen) atoms. The van der Waals surface area contributed by atoms with E-state index in [1.165, 1.54) is 6.07 Å². The number of rotatable bonds is 1. The summed E-state index contributed by atoms with van der Waals surface area (Å²) in [6.45, 7) is 1.60. The fraction of sp³-hybridized carbons (Fsp3) is 0.200. The number of halogens is 1. The van der Waals surface area contributed by atoms with Crippen LogP contribution in [0, 0.1) is 6.92 Å². The van der Waals surface area contributed by atoms with Crippen molar-refractivity contribution < 1.29 is 8.42 Å². The lowest BCUT2D eigenvalue weighted by Crippen LogP contribution is -2.14. The molecule has 0 spiro atoms. The van der Waals surface area contributed by atoms with Gasteiger partial charge in [-0.25, -0.2) is 23.5 Å². The molecule has 1 heterocycles. The second kappa shape index (κ2) is 2.96. The SMILES string of the molecule is Cc1cc(S(N)(=O)=O)nc(Cl)n1. The van der Waals surface area contributed by atoms with E-state index in [2.05, 4.69) is 9.97 Å². The maximum atomic E-state index is 10.8. The molecule has 0 saturated heterocycles. The van der Waals surface area contributed by atoms with E-state index in [4.69, 9.17) is 16.7 Å². The maximum Gasteiger partial charge on any atom is 0.255 e. The average molecular weight is 208 g/mol. The normalized spacial score (nSPS) is 11.6. The highest BCUT2D eigenvalue weighted by atomic mass is 35.5. The second-order valence-corrected chi connectivity index (χ2v) is 4.01. The van der Waals surface area contributed by atoms with E-state index in [9.17, 15) is 8.42 Å². The first-order valence-electron chi connectivity index (χ1n) is 2.93. The molecule has 2 N–H and O–H groups in total. The lowest BCUT2D eigenvalue weighted by atomic mass is 10.5. The van der Waals surface area contributed by atoms with E-state index >= 15 is 0 Å². The van der Waals surface area contributed by atoms with Gasteiger partial charge in [-0.1, -0.05) is 0 Å². The number of aromatic nitrogens is 2. The van der Waals surface area contributed by atoms with Crippen LogP contribution in [-0.2, 0) is 10.0 Å². The van der Waals surface area contributed by atoms with Gasteiger partial charge in [0.15, 0.2) is 5.03 Å². The first-order chi connectivity index (χ1) is 5.39. The first kappa shape index (κ1) is 9.37. The Hall–Kier alpha value is -0.720. The molecule has 1 aromatic heterocycles. The third-order valence-electron chi connectivity index (χ3n) is 1.09. The molecular formula is C5H6ClN3O2S. The third kappa shape index (κ3) is 2.13. The van der Waals surface area contributed by atoms with Crippen molar-refractivity contribution in [2.24, 2.45) is 5.14 Å². The summed E-state index contributed by atoms with van der Waals surface area (Å²) in [6, 6.07) is 1.25. The van der Waals surface area contributed by atoms with Crippen molar-refractivity contribution in [3.63, 3.8) is 0 Å². The fourth-order valence-electron chi connectivity index (χ4n) is 0.650. The number of nitrogens with two attached hydrogens (primary N) is 1. The molecular weight excluding hydrogens is 202 g/mol. The number of primary sulfonamides is 1. The van der Waals surface area contributed by atoms with Gasteiger partial charge in [0.1, 0.15) is 0 Å². The monoisotopic (exact) mass is 207 g/mol. The molecule has 7 heteroatoms. The molecule has 0 unspecified atom stereocenters. The zero-order valence-corrected chi connectivity index (χ0v) is 7.72. The zero-order valence-electron chi connectivity index (χ0n) is 6.15. The predicted molar refractivity (Wildman–Crippen MR) is 43.2 cm³/mol. The molecule has 66 valence electrons. The lowest BCUT2D eigenvalue weighted by Gasteiger charge is -1.98. The summed E-state index contributed by atoms with van der Waals surface area (Å²) in [6.07, 6.45) is 0. The van der Waals surface area contributed by atoms with Gasteiger partial charge >= 0.3 is 0 Å². The Morgan fingerprint density at radius 3 is 2.50 bits per heavy atom. The van der Waals surface area contributed by atoms with Crippen LogP contribution in [0.15, 0.2) is 11.1 Å². The number of nitrogens with zero attached hydrogens (tertiary/aromatic N) is 2. The number of aryl methyl sites for hydroxylation is 1. The van der Waals surface area contributed by atoms with Crippen molar-refractivity contribution in [3.05, 3.63) is 17.0 Å². The lowest BCUT2D eigenvalue weighted by molar-refractivity contribution is 0.593. The van der Waals surface area contributed by atoms with Crippen LogP contribution in [0.5, 0.6) is 0 Å². The summed E-state index contributed by atoms with van der Waals surface area (Å²) >= 11 is 5.41. The van der Waals surface area contributed by atoms with Crippen LogP contribution in [0.2, 0.25) is 5.28 Å². The van der Waals surface area contributed by atoms with Crippen LogP contribution in [0.3, 0.4) is 0 Å². The zero-order chi connectivity index (χ0) is 9.35. The van der Waals surface area contributed by atoms with Gasteiger partial charge in [-0.3, -0.25) is 0 Å². The van der Waals surface area contributed by atoms with Crippen LogP contribution in [-0.4, -0.2) is 18.4 Å². The Morgan fingerprint density at radius 1 is 1.50 bits per heavy atom. The molecule has 0 saturated carbocycles. The number of sulfonamides is 1. The smallest absolute Gasteiger partial charge is 0.223 e. The van der Waals surface area contributed by atoms with Gasteiger partial charge in [0.05, 0.1) is 0 Å². The highest BCUT2D eigenvalue weighted by Crippen LogP contribution is 2.08. The molecule has 0 bridgehead atoms. The Morgan fingerprint density at radius 2 is 2.08 bits per heavy atom. The van der Waals surface area contributed by atoms with Crippen molar-refractivity contribution >= 4 is 21.6 Å². The minimum Gasteiger partial charge on any atom is -0.223 e. The Kier molecular flexibility index (Phi) is 2.31. The number of hydrogen-bond donors (Lipinski definition) is 1. The fourth-order valence-corrected chi connectivity index (χ4v) is 1.47. The molecule has 5 nitrogen and oxygen atoms in total. The van der Waals surface area contributed by atoms with E-state index in [1.807, 2.05) is 0 Å². The maximum absolute atomic E-state index is 10.8. The molecule has 0 atom stereocenters. The molecule has 0 aliphatic heterocycles.